The number of ether oxygens (including phenoxy) is 4. The first kappa shape index (κ1) is 38.2. The molecule has 1 aliphatic rings. The van der Waals surface area contributed by atoms with Gasteiger partial charge in [0.1, 0.15) is 35.4 Å². The zero-order valence-electron chi connectivity index (χ0n) is 29.6. The highest BCUT2D eigenvalue weighted by Gasteiger charge is 2.52. The number of nitrogens with zero attached hydrogens (tertiary/aromatic N) is 2. The van der Waals surface area contributed by atoms with Crippen LogP contribution in [0.15, 0.2) is 101 Å². The number of rotatable bonds is 13. The van der Waals surface area contributed by atoms with Crippen molar-refractivity contribution in [3.05, 3.63) is 129 Å². The van der Waals surface area contributed by atoms with Crippen molar-refractivity contribution in [2.75, 3.05) is 20.8 Å². The summed E-state index contributed by atoms with van der Waals surface area (Å²) < 4.78 is 48.4. The van der Waals surface area contributed by atoms with Gasteiger partial charge in [0.25, 0.3) is 5.56 Å². The SMILES string of the molecule is COc1ccc(C(OC[C@H]2O[C@@H](n3ccc(=O)n(O[PH](=O)O)c3=O)[C@H](O[Si](C)(C)C(C)(C)C)[C@@H]2O)(c2ccccc2)c2ccc(OC)cc2)cc1. The Morgan fingerprint density at radius 1 is 0.843 bits per heavy atom. The minimum Gasteiger partial charge on any atom is -0.497 e. The summed E-state index contributed by atoms with van der Waals surface area (Å²) in [6.45, 7) is 9.92. The Morgan fingerprint density at radius 2 is 1.37 bits per heavy atom. The molecule has 51 heavy (non-hydrogen) atoms. The normalized spacial score (nSPS) is 20.2. The first-order valence-electron chi connectivity index (χ1n) is 16.4. The smallest absolute Gasteiger partial charge is 0.384 e. The van der Waals surface area contributed by atoms with Crippen LogP contribution >= 0.6 is 8.25 Å². The van der Waals surface area contributed by atoms with Crippen molar-refractivity contribution >= 4 is 16.6 Å². The summed E-state index contributed by atoms with van der Waals surface area (Å²) in [5.74, 6) is 1.31. The molecule has 274 valence electrons. The van der Waals surface area contributed by atoms with Crippen molar-refractivity contribution in [3.63, 3.8) is 0 Å². The second-order valence-corrected chi connectivity index (χ2v) is 19.2. The molecule has 0 aliphatic carbocycles. The van der Waals surface area contributed by atoms with Crippen LogP contribution in [0.25, 0.3) is 0 Å². The lowest BCUT2D eigenvalue weighted by Gasteiger charge is -2.40. The lowest BCUT2D eigenvalue weighted by atomic mass is 9.80. The van der Waals surface area contributed by atoms with Gasteiger partial charge in [-0.15, -0.1) is 0 Å². The summed E-state index contributed by atoms with van der Waals surface area (Å²) in [5, 5.41) is 11.7. The van der Waals surface area contributed by atoms with Crippen LogP contribution in [-0.4, -0.2) is 66.8 Å². The molecule has 0 saturated carbocycles. The van der Waals surface area contributed by atoms with Crippen molar-refractivity contribution in [2.24, 2.45) is 0 Å². The summed E-state index contributed by atoms with van der Waals surface area (Å²) in [7, 11) is -3.16. The molecule has 1 fully saturated rings. The zero-order chi connectivity index (χ0) is 37.1. The van der Waals surface area contributed by atoms with Gasteiger partial charge in [0, 0.05) is 12.3 Å². The van der Waals surface area contributed by atoms with Gasteiger partial charge in [0.15, 0.2) is 14.5 Å². The van der Waals surface area contributed by atoms with Gasteiger partial charge in [-0.2, -0.15) is 0 Å². The molecule has 1 saturated heterocycles. The number of aromatic nitrogens is 2. The van der Waals surface area contributed by atoms with E-state index in [2.05, 4.69) is 4.62 Å². The average molecular weight is 741 g/mol. The monoisotopic (exact) mass is 740 g/mol. The maximum Gasteiger partial charge on any atom is 0.384 e. The van der Waals surface area contributed by atoms with Crippen molar-refractivity contribution in [2.45, 2.75) is 69.0 Å². The summed E-state index contributed by atoms with van der Waals surface area (Å²) in [4.78, 5) is 35.3. The molecule has 5 rings (SSSR count). The predicted octanol–water partition coefficient (Wildman–Crippen LogP) is 4.50. The van der Waals surface area contributed by atoms with E-state index in [1.807, 2.05) is 113 Å². The quantitative estimate of drug-likeness (QED) is 0.113. The molecule has 5 atom stereocenters. The molecular weight excluding hydrogens is 695 g/mol. The largest absolute Gasteiger partial charge is 0.497 e. The van der Waals surface area contributed by atoms with E-state index in [-0.39, 0.29) is 16.4 Å². The van der Waals surface area contributed by atoms with Crippen LogP contribution in [-0.2, 0) is 24.1 Å². The third-order valence-electron chi connectivity index (χ3n) is 9.60. The van der Waals surface area contributed by atoms with Crippen molar-refractivity contribution in [1.82, 2.24) is 9.30 Å². The Morgan fingerprint density at radius 3 is 1.86 bits per heavy atom. The van der Waals surface area contributed by atoms with Gasteiger partial charge in [-0.3, -0.25) is 9.36 Å². The third kappa shape index (κ3) is 7.77. The number of methoxy groups -OCH3 is 2. The molecule has 0 amide bonds. The van der Waals surface area contributed by atoms with Crippen molar-refractivity contribution < 1.29 is 42.6 Å². The van der Waals surface area contributed by atoms with Crippen LogP contribution in [0, 0.1) is 0 Å². The summed E-state index contributed by atoms with van der Waals surface area (Å²) in [5.41, 5.74) is -0.946. The average Bonchev–Trinajstić information content (AvgIpc) is 3.40. The molecule has 2 N–H and O–H groups in total. The standard InChI is InChI=1S/C36H45N2O11PSi/c1-35(2,3)51(6,7)48-32-31(40)29(47-33(32)37-22-21-30(39)38(34(37)41)49-50(42)43)23-46-36(24-11-9-8-10-12-24,25-13-17-27(44-4)18-14-25)26-15-19-28(45-5)20-16-26/h8-22,29,31-33,40,50H,23H2,1-7H3,(H,42,43)/t29-,31-,32-,33-/m1/s1. The molecule has 0 spiro atoms. The Kier molecular flexibility index (Phi) is 11.5. The highest BCUT2D eigenvalue weighted by molar-refractivity contribution is 7.32. The minimum absolute atomic E-state index is 0.183. The third-order valence-corrected chi connectivity index (χ3v) is 14.4. The van der Waals surface area contributed by atoms with Gasteiger partial charge < -0.3 is 38.0 Å². The molecule has 1 aliphatic heterocycles. The molecule has 2 heterocycles. The number of benzene rings is 3. The van der Waals surface area contributed by atoms with Gasteiger partial charge in [0.2, 0.25) is 0 Å². The van der Waals surface area contributed by atoms with Gasteiger partial charge >= 0.3 is 13.9 Å². The van der Waals surface area contributed by atoms with Crippen molar-refractivity contribution in [1.29, 1.82) is 0 Å². The van der Waals surface area contributed by atoms with Crippen LogP contribution in [0.1, 0.15) is 43.7 Å². The molecular formula is C36H45N2O11PSi. The van der Waals surface area contributed by atoms with E-state index in [1.54, 1.807) is 14.2 Å². The van der Waals surface area contributed by atoms with E-state index >= 15 is 0 Å². The Balaban J connectivity index is 1.62. The topological polar surface area (TPSA) is 157 Å². The Labute approximate surface area is 297 Å². The first-order chi connectivity index (χ1) is 24.1. The van der Waals surface area contributed by atoms with E-state index in [4.69, 9.17) is 23.4 Å². The summed E-state index contributed by atoms with van der Waals surface area (Å²) in [6, 6.07) is 25.6. The van der Waals surface area contributed by atoms with E-state index < -0.39 is 58.0 Å². The number of aliphatic hydroxyl groups is 1. The van der Waals surface area contributed by atoms with Crippen LogP contribution in [0.3, 0.4) is 0 Å². The molecule has 13 nitrogen and oxygen atoms in total. The second kappa shape index (κ2) is 15.3. The van der Waals surface area contributed by atoms with Gasteiger partial charge in [0.05, 0.1) is 20.8 Å². The molecule has 0 radical (unpaired) electrons. The fraction of sp³-hybridized carbons (Fsp3) is 0.389. The lowest BCUT2D eigenvalue weighted by molar-refractivity contribution is -0.0963. The fourth-order valence-corrected chi connectivity index (χ4v) is 7.45. The maximum absolute atomic E-state index is 13.5. The molecule has 0 bridgehead atoms. The maximum atomic E-state index is 13.5. The van der Waals surface area contributed by atoms with E-state index in [9.17, 15) is 24.2 Å². The molecule has 1 unspecified atom stereocenters. The fourth-order valence-electron chi connectivity index (χ4n) is 5.84. The first-order valence-corrected chi connectivity index (χ1v) is 20.6. The van der Waals surface area contributed by atoms with Crippen LogP contribution in [0.5, 0.6) is 11.5 Å². The molecule has 1 aromatic heterocycles. The van der Waals surface area contributed by atoms with E-state index in [1.165, 1.54) is 6.20 Å². The minimum atomic E-state index is -3.72. The highest BCUT2D eigenvalue weighted by atomic mass is 31.1. The van der Waals surface area contributed by atoms with Gasteiger partial charge in [-0.1, -0.05) is 80.1 Å². The Bertz CT molecular complexity index is 1880. The molecule has 4 aromatic rings. The predicted molar refractivity (Wildman–Crippen MR) is 193 cm³/mol. The summed E-state index contributed by atoms with van der Waals surface area (Å²) >= 11 is 0. The van der Waals surface area contributed by atoms with Crippen LogP contribution < -0.4 is 25.3 Å². The number of hydrogen-bond acceptors (Lipinski definition) is 10. The molecule has 15 heteroatoms. The number of aliphatic hydroxyl groups excluding tert-OH is 1. The van der Waals surface area contributed by atoms with Gasteiger partial charge in [-0.05, 0) is 59.1 Å². The Hall–Kier alpha value is -4.01. The zero-order valence-corrected chi connectivity index (χ0v) is 31.6. The molecule has 3 aromatic carbocycles. The second-order valence-electron chi connectivity index (χ2n) is 13.7. The van der Waals surface area contributed by atoms with Gasteiger partial charge in [-0.25, -0.2) is 9.36 Å². The lowest BCUT2D eigenvalue weighted by Crippen LogP contribution is -2.51. The number of hydrogen-bond donors (Lipinski definition) is 2. The van der Waals surface area contributed by atoms with E-state index in [0.29, 0.717) is 11.5 Å². The van der Waals surface area contributed by atoms with Crippen LogP contribution in [0.2, 0.25) is 18.1 Å². The highest BCUT2D eigenvalue weighted by Crippen LogP contribution is 2.45. The van der Waals surface area contributed by atoms with Crippen molar-refractivity contribution in [3.8, 4) is 11.5 Å². The summed E-state index contributed by atoms with van der Waals surface area (Å²) in [6.07, 6.45) is -3.53. The van der Waals surface area contributed by atoms with E-state index in [0.717, 1.165) is 27.3 Å². The van der Waals surface area contributed by atoms with Crippen LogP contribution in [0.4, 0.5) is 0 Å².